The van der Waals surface area contributed by atoms with Crippen molar-refractivity contribution in [3.05, 3.63) is 70.6 Å². The SMILES string of the molecule is O=C(c1cccc(NC2=C(Cl)C(=O)N(c3ccc(F)cc3)C2=O)c1)N1CCCCC1. The second-order valence-electron chi connectivity index (χ2n) is 7.17. The van der Waals surface area contributed by atoms with Crippen LogP contribution >= 0.6 is 11.6 Å². The van der Waals surface area contributed by atoms with Crippen molar-refractivity contribution >= 4 is 40.7 Å². The summed E-state index contributed by atoms with van der Waals surface area (Å²) in [6, 6.07) is 11.7. The lowest BCUT2D eigenvalue weighted by molar-refractivity contribution is -0.120. The summed E-state index contributed by atoms with van der Waals surface area (Å²) in [5, 5.41) is 2.60. The van der Waals surface area contributed by atoms with Gasteiger partial charge in [0, 0.05) is 24.3 Å². The minimum atomic E-state index is -0.698. The molecule has 0 saturated carbocycles. The highest BCUT2D eigenvalue weighted by Gasteiger charge is 2.39. The van der Waals surface area contributed by atoms with Crippen LogP contribution in [0, 0.1) is 5.82 Å². The molecular weight excluding hydrogens is 409 g/mol. The standard InChI is InChI=1S/C22H19ClFN3O3/c23-18-19(22(30)27(21(18)29)17-9-7-15(24)8-10-17)25-16-6-4-5-14(13-16)20(28)26-11-2-1-3-12-26/h4-10,13,25H,1-3,11-12H2. The first-order valence-corrected chi connectivity index (χ1v) is 10.0. The highest BCUT2D eigenvalue weighted by Crippen LogP contribution is 2.30. The van der Waals surface area contributed by atoms with Crippen LogP contribution in [0.15, 0.2) is 59.3 Å². The first-order valence-electron chi connectivity index (χ1n) is 9.66. The number of anilines is 2. The Hall–Kier alpha value is -3.19. The molecule has 0 aromatic heterocycles. The largest absolute Gasteiger partial charge is 0.350 e. The number of hydrogen-bond acceptors (Lipinski definition) is 4. The van der Waals surface area contributed by atoms with Gasteiger partial charge < -0.3 is 10.2 Å². The average molecular weight is 428 g/mol. The predicted octanol–water partition coefficient (Wildman–Crippen LogP) is 3.89. The molecule has 2 aromatic rings. The molecule has 1 N–H and O–H groups in total. The maximum atomic E-state index is 13.2. The van der Waals surface area contributed by atoms with Crippen LogP contribution in [0.25, 0.3) is 0 Å². The Bertz CT molecular complexity index is 1050. The minimum Gasteiger partial charge on any atom is -0.350 e. The van der Waals surface area contributed by atoms with Gasteiger partial charge in [0.15, 0.2) is 0 Å². The van der Waals surface area contributed by atoms with Crippen molar-refractivity contribution in [3.8, 4) is 0 Å². The zero-order valence-electron chi connectivity index (χ0n) is 16.0. The lowest BCUT2D eigenvalue weighted by atomic mass is 10.1. The number of halogens is 2. The smallest absolute Gasteiger partial charge is 0.283 e. The highest BCUT2D eigenvalue weighted by molar-refractivity contribution is 6.53. The van der Waals surface area contributed by atoms with Gasteiger partial charge in [0.2, 0.25) is 0 Å². The Morgan fingerprint density at radius 1 is 0.967 bits per heavy atom. The molecule has 0 unspecified atom stereocenters. The third-order valence-corrected chi connectivity index (χ3v) is 5.48. The summed E-state index contributed by atoms with van der Waals surface area (Å²) in [5.41, 5.74) is 1.09. The summed E-state index contributed by atoms with van der Waals surface area (Å²) < 4.78 is 13.2. The van der Waals surface area contributed by atoms with Gasteiger partial charge >= 0.3 is 0 Å². The molecule has 4 rings (SSSR count). The minimum absolute atomic E-state index is 0.0693. The summed E-state index contributed by atoms with van der Waals surface area (Å²) in [4.78, 5) is 40.7. The number of hydrogen-bond donors (Lipinski definition) is 1. The molecule has 1 saturated heterocycles. The lowest BCUT2D eigenvalue weighted by Gasteiger charge is -2.26. The molecular formula is C22H19ClFN3O3. The van der Waals surface area contributed by atoms with Gasteiger partial charge in [-0.1, -0.05) is 17.7 Å². The number of nitrogens with zero attached hydrogens (tertiary/aromatic N) is 2. The van der Waals surface area contributed by atoms with Gasteiger partial charge in [0.1, 0.15) is 16.5 Å². The van der Waals surface area contributed by atoms with Gasteiger partial charge in [-0.2, -0.15) is 0 Å². The number of rotatable bonds is 4. The van der Waals surface area contributed by atoms with Crippen LogP contribution in [0.3, 0.4) is 0 Å². The summed E-state index contributed by atoms with van der Waals surface area (Å²) in [5.74, 6) is -1.90. The zero-order valence-corrected chi connectivity index (χ0v) is 16.8. The third-order valence-electron chi connectivity index (χ3n) is 5.13. The third kappa shape index (κ3) is 3.80. The van der Waals surface area contributed by atoms with E-state index in [0.29, 0.717) is 11.3 Å². The van der Waals surface area contributed by atoms with E-state index in [0.717, 1.165) is 49.4 Å². The van der Waals surface area contributed by atoms with Gasteiger partial charge in [-0.05, 0) is 61.7 Å². The average Bonchev–Trinajstić information content (AvgIpc) is 2.98. The van der Waals surface area contributed by atoms with Gasteiger partial charge in [-0.3, -0.25) is 14.4 Å². The van der Waals surface area contributed by atoms with Crippen molar-refractivity contribution in [1.29, 1.82) is 0 Å². The lowest BCUT2D eigenvalue weighted by Crippen LogP contribution is -2.35. The van der Waals surface area contributed by atoms with Crippen LogP contribution in [-0.2, 0) is 9.59 Å². The molecule has 0 atom stereocenters. The van der Waals surface area contributed by atoms with E-state index >= 15 is 0 Å². The molecule has 2 aliphatic heterocycles. The van der Waals surface area contributed by atoms with E-state index in [9.17, 15) is 18.8 Å². The zero-order chi connectivity index (χ0) is 21.3. The summed E-state index contributed by atoms with van der Waals surface area (Å²) in [7, 11) is 0. The molecule has 30 heavy (non-hydrogen) atoms. The van der Waals surface area contributed by atoms with Gasteiger partial charge in [0.05, 0.1) is 5.69 Å². The molecule has 2 aromatic carbocycles. The molecule has 1 fully saturated rings. The van der Waals surface area contributed by atoms with Crippen LogP contribution in [0.5, 0.6) is 0 Å². The van der Waals surface area contributed by atoms with E-state index < -0.39 is 17.6 Å². The van der Waals surface area contributed by atoms with E-state index in [2.05, 4.69) is 5.32 Å². The number of nitrogens with one attached hydrogen (secondary N) is 1. The molecule has 0 aliphatic carbocycles. The second kappa shape index (κ2) is 8.28. The van der Waals surface area contributed by atoms with Crippen LogP contribution in [0.2, 0.25) is 0 Å². The molecule has 0 radical (unpaired) electrons. The van der Waals surface area contributed by atoms with Crippen molar-refractivity contribution in [2.24, 2.45) is 0 Å². The van der Waals surface area contributed by atoms with Crippen LogP contribution in [0.1, 0.15) is 29.6 Å². The maximum absolute atomic E-state index is 13.2. The van der Waals surface area contributed by atoms with Crippen molar-refractivity contribution < 1.29 is 18.8 Å². The Morgan fingerprint density at radius 3 is 2.37 bits per heavy atom. The van der Waals surface area contributed by atoms with Crippen LogP contribution in [0.4, 0.5) is 15.8 Å². The van der Waals surface area contributed by atoms with E-state index in [-0.39, 0.29) is 22.3 Å². The fourth-order valence-corrected chi connectivity index (χ4v) is 3.80. The fraction of sp³-hybridized carbons (Fsp3) is 0.227. The Kier molecular flexibility index (Phi) is 5.55. The summed E-state index contributed by atoms with van der Waals surface area (Å²) in [6.07, 6.45) is 3.10. The van der Waals surface area contributed by atoms with Crippen molar-refractivity contribution in [1.82, 2.24) is 4.90 Å². The second-order valence-corrected chi connectivity index (χ2v) is 7.55. The number of piperidine rings is 1. The summed E-state index contributed by atoms with van der Waals surface area (Å²) in [6.45, 7) is 1.46. The van der Waals surface area contributed by atoms with Crippen LogP contribution < -0.4 is 10.2 Å². The van der Waals surface area contributed by atoms with Gasteiger partial charge in [0.25, 0.3) is 17.7 Å². The molecule has 2 aliphatic rings. The van der Waals surface area contributed by atoms with Gasteiger partial charge in [-0.15, -0.1) is 0 Å². The maximum Gasteiger partial charge on any atom is 0.283 e. The normalized spacial score (nSPS) is 17.0. The van der Waals surface area contributed by atoms with E-state index in [1.807, 2.05) is 4.90 Å². The van der Waals surface area contributed by atoms with Gasteiger partial charge in [-0.25, -0.2) is 9.29 Å². The summed E-state index contributed by atoms with van der Waals surface area (Å²) >= 11 is 6.13. The number of carbonyl (C=O) groups excluding carboxylic acids is 3. The Labute approximate surface area is 177 Å². The predicted molar refractivity (Wildman–Crippen MR) is 112 cm³/mol. The first-order chi connectivity index (χ1) is 14.5. The monoisotopic (exact) mass is 427 g/mol. The van der Waals surface area contributed by atoms with Crippen molar-refractivity contribution in [3.63, 3.8) is 0 Å². The molecule has 0 bridgehead atoms. The molecule has 6 nitrogen and oxygen atoms in total. The van der Waals surface area contributed by atoms with Crippen molar-refractivity contribution in [2.75, 3.05) is 23.3 Å². The Balaban J connectivity index is 1.55. The number of imide groups is 1. The number of amides is 3. The Morgan fingerprint density at radius 2 is 1.67 bits per heavy atom. The number of benzene rings is 2. The number of carbonyl (C=O) groups is 3. The fourth-order valence-electron chi connectivity index (χ4n) is 3.59. The molecule has 154 valence electrons. The molecule has 3 amide bonds. The molecule has 0 spiro atoms. The quantitative estimate of drug-likeness (QED) is 0.751. The van der Waals surface area contributed by atoms with Crippen LogP contribution in [-0.4, -0.2) is 35.7 Å². The first kappa shape index (κ1) is 20.1. The van der Waals surface area contributed by atoms with E-state index in [1.54, 1.807) is 24.3 Å². The van der Waals surface area contributed by atoms with E-state index in [4.69, 9.17) is 11.6 Å². The molecule has 2 heterocycles. The van der Waals surface area contributed by atoms with E-state index in [1.165, 1.54) is 12.1 Å². The van der Waals surface area contributed by atoms with Crippen molar-refractivity contribution in [2.45, 2.75) is 19.3 Å². The topological polar surface area (TPSA) is 69.7 Å². The molecule has 8 heteroatoms. The highest BCUT2D eigenvalue weighted by atomic mass is 35.5. The number of likely N-dealkylation sites (tertiary alicyclic amines) is 1.